The Labute approximate surface area is 127 Å². The minimum absolute atomic E-state index is 0.247. The molecule has 1 N–H and O–H groups in total. The summed E-state index contributed by atoms with van der Waals surface area (Å²) in [7, 11) is 3.58. The molecule has 21 heavy (non-hydrogen) atoms. The third kappa shape index (κ3) is 4.74. The first-order valence-corrected chi connectivity index (χ1v) is 7.77. The van der Waals surface area contributed by atoms with Gasteiger partial charge in [-0.25, -0.2) is 0 Å². The van der Waals surface area contributed by atoms with Gasteiger partial charge in [-0.2, -0.15) is 0 Å². The van der Waals surface area contributed by atoms with Crippen LogP contribution in [0.5, 0.6) is 5.75 Å². The van der Waals surface area contributed by atoms with Crippen LogP contribution in [0.1, 0.15) is 24.8 Å². The first-order chi connectivity index (χ1) is 10.2. The molecule has 1 saturated heterocycles. The molecule has 0 spiro atoms. The summed E-state index contributed by atoms with van der Waals surface area (Å²) in [6.07, 6.45) is 3.70. The first-order valence-electron chi connectivity index (χ1n) is 7.77. The van der Waals surface area contributed by atoms with Crippen LogP contribution in [0.4, 0.5) is 0 Å². The van der Waals surface area contributed by atoms with Gasteiger partial charge in [-0.1, -0.05) is 18.2 Å². The Hall–Kier alpha value is -1.55. The number of ether oxygens (including phenoxy) is 1. The van der Waals surface area contributed by atoms with E-state index in [1.807, 2.05) is 30.1 Å². The molecule has 0 aromatic heterocycles. The van der Waals surface area contributed by atoms with Crippen molar-refractivity contribution in [3.05, 3.63) is 29.8 Å². The second kappa shape index (κ2) is 8.03. The molecule has 0 radical (unpaired) electrons. The lowest BCUT2D eigenvalue weighted by Crippen LogP contribution is -2.29. The summed E-state index contributed by atoms with van der Waals surface area (Å²) in [5.41, 5.74) is 1.15. The zero-order valence-corrected chi connectivity index (χ0v) is 13.1. The number of hydrogen-bond donors (Lipinski definition) is 1. The zero-order valence-electron chi connectivity index (χ0n) is 13.1. The van der Waals surface area contributed by atoms with E-state index in [2.05, 4.69) is 11.4 Å². The summed E-state index contributed by atoms with van der Waals surface area (Å²) in [4.78, 5) is 14.0. The van der Waals surface area contributed by atoms with Crippen molar-refractivity contribution in [3.8, 4) is 5.75 Å². The fourth-order valence-corrected chi connectivity index (χ4v) is 2.80. The summed E-state index contributed by atoms with van der Waals surface area (Å²) in [5, 5.41) is 3.35. The molecule has 1 aromatic carbocycles. The van der Waals surface area contributed by atoms with Crippen LogP contribution in [-0.2, 0) is 11.2 Å². The highest BCUT2D eigenvalue weighted by molar-refractivity contribution is 5.75. The quantitative estimate of drug-likeness (QED) is 0.836. The van der Waals surface area contributed by atoms with Gasteiger partial charge in [0.1, 0.15) is 5.75 Å². The summed E-state index contributed by atoms with van der Waals surface area (Å²) >= 11 is 0. The molecular weight excluding hydrogens is 264 g/mol. The molecule has 1 atom stereocenters. The van der Waals surface area contributed by atoms with Crippen LogP contribution < -0.4 is 10.1 Å². The van der Waals surface area contributed by atoms with Gasteiger partial charge in [0.15, 0.2) is 0 Å². The third-order valence-electron chi connectivity index (χ3n) is 4.26. The number of methoxy groups -OCH3 is 1. The van der Waals surface area contributed by atoms with Gasteiger partial charge >= 0.3 is 0 Å². The second-order valence-corrected chi connectivity index (χ2v) is 5.77. The molecular formula is C17H26N2O2. The molecule has 1 fully saturated rings. The molecule has 0 bridgehead atoms. The molecule has 1 aliphatic heterocycles. The Kier molecular flexibility index (Phi) is 6.05. The average molecular weight is 290 g/mol. The van der Waals surface area contributed by atoms with Gasteiger partial charge in [0.2, 0.25) is 5.91 Å². The predicted molar refractivity (Wildman–Crippen MR) is 84.5 cm³/mol. The Morgan fingerprint density at radius 2 is 2.24 bits per heavy atom. The molecule has 1 unspecified atom stereocenters. The van der Waals surface area contributed by atoms with E-state index in [9.17, 15) is 4.79 Å². The molecule has 1 amide bonds. The van der Waals surface area contributed by atoms with Gasteiger partial charge in [-0.05, 0) is 49.9 Å². The Morgan fingerprint density at radius 3 is 2.95 bits per heavy atom. The molecule has 2 rings (SSSR count). The van der Waals surface area contributed by atoms with Crippen LogP contribution in [0.2, 0.25) is 0 Å². The van der Waals surface area contributed by atoms with E-state index in [1.54, 1.807) is 7.11 Å². The fourth-order valence-electron chi connectivity index (χ4n) is 2.80. The summed E-state index contributed by atoms with van der Waals surface area (Å²) in [6.45, 7) is 2.91. The van der Waals surface area contributed by atoms with Crippen molar-refractivity contribution in [3.63, 3.8) is 0 Å². The molecule has 1 aromatic rings. The molecule has 116 valence electrons. The topological polar surface area (TPSA) is 41.6 Å². The maximum atomic E-state index is 12.1. The highest BCUT2D eigenvalue weighted by Gasteiger charge is 2.17. The summed E-state index contributed by atoms with van der Waals surface area (Å²) < 4.78 is 5.34. The van der Waals surface area contributed by atoms with Crippen LogP contribution in [0, 0.1) is 5.92 Å². The van der Waals surface area contributed by atoms with Crippen molar-refractivity contribution < 1.29 is 9.53 Å². The largest absolute Gasteiger partial charge is 0.496 e. The van der Waals surface area contributed by atoms with Gasteiger partial charge in [0.05, 0.1) is 7.11 Å². The van der Waals surface area contributed by atoms with Crippen LogP contribution in [-0.4, -0.2) is 44.6 Å². The van der Waals surface area contributed by atoms with E-state index in [0.717, 1.165) is 43.8 Å². The Balaban J connectivity index is 1.75. The number of para-hydroxylation sites is 1. The number of rotatable bonds is 7. The molecule has 1 aliphatic rings. The Bertz CT molecular complexity index is 456. The van der Waals surface area contributed by atoms with E-state index in [0.29, 0.717) is 12.3 Å². The maximum Gasteiger partial charge on any atom is 0.222 e. The van der Waals surface area contributed by atoms with Gasteiger partial charge in [0.25, 0.3) is 0 Å². The maximum absolute atomic E-state index is 12.1. The first kappa shape index (κ1) is 15.8. The predicted octanol–water partition coefficient (Wildman–Crippen LogP) is 2.09. The van der Waals surface area contributed by atoms with Crippen LogP contribution >= 0.6 is 0 Å². The van der Waals surface area contributed by atoms with Crippen molar-refractivity contribution in [1.29, 1.82) is 0 Å². The average Bonchev–Trinajstić information content (AvgIpc) is 3.03. The van der Waals surface area contributed by atoms with Crippen molar-refractivity contribution in [2.24, 2.45) is 5.92 Å². The van der Waals surface area contributed by atoms with Crippen LogP contribution in [0.25, 0.3) is 0 Å². The number of carbonyl (C=O) groups is 1. The van der Waals surface area contributed by atoms with E-state index >= 15 is 0 Å². The number of amides is 1. The molecule has 4 heteroatoms. The lowest BCUT2D eigenvalue weighted by atomic mass is 10.0. The zero-order chi connectivity index (χ0) is 15.1. The van der Waals surface area contributed by atoms with E-state index in [-0.39, 0.29) is 5.91 Å². The number of benzene rings is 1. The number of likely N-dealkylation sites (N-methyl/N-ethyl adjacent to an activating group) is 1. The molecule has 1 heterocycles. The van der Waals surface area contributed by atoms with Crippen LogP contribution in [0.15, 0.2) is 24.3 Å². The highest BCUT2D eigenvalue weighted by Crippen LogP contribution is 2.18. The number of hydrogen-bond acceptors (Lipinski definition) is 3. The monoisotopic (exact) mass is 290 g/mol. The van der Waals surface area contributed by atoms with Crippen molar-refractivity contribution >= 4 is 5.91 Å². The summed E-state index contributed by atoms with van der Waals surface area (Å²) in [6, 6.07) is 7.99. The lowest BCUT2D eigenvalue weighted by Gasteiger charge is -2.19. The SMILES string of the molecule is COc1ccccc1CCN(C)C(=O)CCC1CCNC1. The second-order valence-electron chi connectivity index (χ2n) is 5.77. The summed E-state index contributed by atoms with van der Waals surface area (Å²) in [5.74, 6) is 1.82. The van der Waals surface area contributed by atoms with Gasteiger partial charge in [-0.3, -0.25) is 4.79 Å². The fraction of sp³-hybridized carbons (Fsp3) is 0.588. The standard InChI is InChI=1S/C17H26N2O2/c1-19(17(20)8-7-14-9-11-18-13-14)12-10-15-5-3-4-6-16(15)21-2/h3-6,14,18H,7-13H2,1-2H3. The van der Waals surface area contributed by atoms with Gasteiger partial charge < -0.3 is 15.0 Å². The smallest absolute Gasteiger partial charge is 0.222 e. The highest BCUT2D eigenvalue weighted by atomic mass is 16.5. The Morgan fingerprint density at radius 1 is 1.43 bits per heavy atom. The van der Waals surface area contributed by atoms with E-state index < -0.39 is 0 Å². The number of nitrogens with zero attached hydrogens (tertiary/aromatic N) is 1. The van der Waals surface area contributed by atoms with Crippen molar-refractivity contribution in [2.45, 2.75) is 25.7 Å². The minimum Gasteiger partial charge on any atom is -0.496 e. The van der Waals surface area contributed by atoms with E-state index in [4.69, 9.17) is 4.74 Å². The molecule has 0 saturated carbocycles. The van der Waals surface area contributed by atoms with E-state index in [1.165, 1.54) is 6.42 Å². The van der Waals surface area contributed by atoms with Gasteiger partial charge in [-0.15, -0.1) is 0 Å². The van der Waals surface area contributed by atoms with Crippen LogP contribution in [0.3, 0.4) is 0 Å². The number of nitrogens with one attached hydrogen (secondary N) is 1. The molecule has 4 nitrogen and oxygen atoms in total. The van der Waals surface area contributed by atoms with Crippen molar-refractivity contribution in [1.82, 2.24) is 10.2 Å². The van der Waals surface area contributed by atoms with Crippen molar-refractivity contribution in [2.75, 3.05) is 33.8 Å². The molecule has 0 aliphatic carbocycles. The number of carbonyl (C=O) groups excluding carboxylic acids is 1. The normalized spacial score (nSPS) is 17.7. The lowest BCUT2D eigenvalue weighted by molar-refractivity contribution is -0.130. The third-order valence-corrected chi connectivity index (χ3v) is 4.26. The minimum atomic E-state index is 0.247. The van der Waals surface area contributed by atoms with Gasteiger partial charge in [0, 0.05) is 20.0 Å².